The van der Waals surface area contributed by atoms with Crippen LogP contribution in [0.2, 0.25) is 0 Å². The van der Waals surface area contributed by atoms with Gasteiger partial charge in [0.05, 0.1) is 5.92 Å². The van der Waals surface area contributed by atoms with Gasteiger partial charge in [-0.2, -0.15) is 0 Å². The Labute approximate surface area is 153 Å². The zero-order valence-corrected chi connectivity index (χ0v) is 16.5. The quantitative estimate of drug-likeness (QED) is 0.723. The van der Waals surface area contributed by atoms with Crippen molar-refractivity contribution in [2.24, 2.45) is 5.92 Å². The van der Waals surface area contributed by atoms with Gasteiger partial charge in [-0.15, -0.1) is 16.2 Å². The van der Waals surface area contributed by atoms with Gasteiger partial charge >= 0.3 is 0 Å². The number of carbonyl (C=O) groups is 1. The number of nitrogens with one attached hydrogen (secondary N) is 2. The van der Waals surface area contributed by atoms with E-state index in [4.69, 9.17) is 0 Å². The van der Waals surface area contributed by atoms with Crippen molar-refractivity contribution in [1.29, 1.82) is 0 Å². The highest BCUT2D eigenvalue weighted by Gasteiger charge is 2.20. The fraction of sp³-hybridized carbons (Fsp3) is 0.389. The second-order valence-corrected chi connectivity index (χ2v) is 9.72. The summed E-state index contributed by atoms with van der Waals surface area (Å²) >= 11 is 1.16. The minimum Gasteiger partial charge on any atom is -0.277 e. The minimum absolute atomic E-state index is 0.177. The fourth-order valence-corrected chi connectivity index (χ4v) is 4.53. The first-order valence-corrected chi connectivity index (χ1v) is 10.5. The number of sulfonamides is 1. The Hall–Kier alpha value is -1.70. The summed E-state index contributed by atoms with van der Waals surface area (Å²) < 4.78 is 24.5. The molecule has 0 spiro atoms. The number of thiophene rings is 1. The molecule has 0 fully saturated rings. The van der Waals surface area contributed by atoms with E-state index in [1.165, 1.54) is 11.6 Å². The second kappa shape index (κ2) is 8.12. The predicted molar refractivity (Wildman–Crippen MR) is 101 cm³/mol. The van der Waals surface area contributed by atoms with E-state index in [9.17, 15) is 13.2 Å². The predicted octanol–water partition coefficient (Wildman–Crippen LogP) is 3.37. The molecule has 1 unspecified atom stereocenters. The van der Waals surface area contributed by atoms with Crippen molar-refractivity contribution in [2.45, 2.75) is 44.2 Å². The summed E-state index contributed by atoms with van der Waals surface area (Å²) in [5, 5.41) is 0. The van der Waals surface area contributed by atoms with Crippen LogP contribution < -0.4 is 10.3 Å². The van der Waals surface area contributed by atoms with Crippen molar-refractivity contribution < 1.29 is 13.2 Å². The van der Waals surface area contributed by atoms with Crippen LogP contribution in [-0.4, -0.2) is 14.3 Å². The fourth-order valence-electron chi connectivity index (χ4n) is 2.40. The topological polar surface area (TPSA) is 75.3 Å². The average Bonchev–Trinajstić information content (AvgIpc) is 2.99. The third kappa shape index (κ3) is 5.39. The first kappa shape index (κ1) is 19.6. The molecular formula is C18H24N2O3S2. The van der Waals surface area contributed by atoms with Crippen molar-refractivity contribution in [2.75, 3.05) is 0 Å². The van der Waals surface area contributed by atoms with E-state index in [1.807, 2.05) is 31.2 Å². The van der Waals surface area contributed by atoms with E-state index in [0.717, 1.165) is 28.2 Å². The van der Waals surface area contributed by atoms with Gasteiger partial charge in [-0.25, -0.2) is 8.42 Å². The van der Waals surface area contributed by atoms with Crippen molar-refractivity contribution in [1.82, 2.24) is 10.3 Å². The molecule has 0 bridgehead atoms. The normalized spacial score (nSPS) is 13.0. The van der Waals surface area contributed by atoms with E-state index < -0.39 is 21.8 Å². The molecule has 2 aromatic rings. The van der Waals surface area contributed by atoms with Crippen LogP contribution in [0.4, 0.5) is 0 Å². The van der Waals surface area contributed by atoms with Gasteiger partial charge in [0.1, 0.15) is 4.21 Å². The largest absolute Gasteiger partial charge is 0.277 e. The standard InChI is InChI=1S/C18H24N2O3S2/c1-12(2)11-15-6-8-16(9-7-15)14(4)18(21)19-20-25(22,23)17-10-5-13(3)24-17/h5-10,12,14,20H,11H2,1-4H3,(H,19,21). The van der Waals surface area contributed by atoms with Crippen LogP contribution in [0, 0.1) is 12.8 Å². The van der Waals surface area contributed by atoms with Gasteiger partial charge in [0.15, 0.2) is 0 Å². The lowest BCUT2D eigenvalue weighted by atomic mass is 9.96. The number of rotatable bonds is 7. The molecule has 0 aliphatic heterocycles. The van der Waals surface area contributed by atoms with E-state index in [0.29, 0.717) is 5.92 Å². The number of hydrazine groups is 1. The first-order chi connectivity index (χ1) is 11.7. The lowest BCUT2D eigenvalue weighted by Crippen LogP contribution is -2.43. The summed E-state index contributed by atoms with van der Waals surface area (Å²) in [4.78, 5) is 15.3. The van der Waals surface area contributed by atoms with Crippen LogP contribution in [0.1, 0.15) is 42.7 Å². The lowest BCUT2D eigenvalue weighted by molar-refractivity contribution is -0.122. The molecule has 136 valence electrons. The van der Waals surface area contributed by atoms with Gasteiger partial charge in [0, 0.05) is 4.88 Å². The van der Waals surface area contributed by atoms with E-state index in [2.05, 4.69) is 24.1 Å². The summed E-state index contributed by atoms with van der Waals surface area (Å²) in [7, 11) is -3.73. The third-order valence-electron chi connectivity index (χ3n) is 3.81. The summed E-state index contributed by atoms with van der Waals surface area (Å²) in [5.41, 5.74) is 4.37. The maximum Gasteiger partial charge on any atom is 0.266 e. The van der Waals surface area contributed by atoms with Gasteiger partial charge in [-0.1, -0.05) is 38.1 Å². The second-order valence-electron chi connectivity index (χ2n) is 6.52. The van der Waals surface area contributed by atoms with Crippen molar-refractivity contribution >= 4 is 27.3 Å². The highest BCUT2D eigenvalue weighted by Crippen LogP contribution is 2.20. The Kier molecular flexibility index (Phi) is 6.37. The number of benzene rings is 1. The molecule has 0 radical (unpaired) electrons. The van der Waals surface area contributed by atoms with Crippen LogP contribution in [0.15, 0.2) is 40.6 Å². The molecule has 1 aromatic carbocycles. The van der Waals surface area contributed by atoms with Crippen LogP contribution >= 0.6 is 11.3 Å². The Morgan fingerprint density at radius 1 is 1.08 bits per heavy atom. The Bertz CT molecular complexity index is 824. The number of amides is 1. The Morgan fingerprint density at radius 3 is 2.24 bits per heavy atom. The van der Waals surface area contributed by atoms with Gasteiger partial charge in [0.25, 0.3) is 10.0 Å². The van der Waals surface area contributed by atoms with E-state index >= 15 is 0 Å². The summed E-state index contributed by atoms with van der Waals surface area (Å²) in [6.45, 7) is 7.89. The minimum atomic E-state index is -3.73. The van der Waals surface area contributed by atoms with Crippen LogP contribution in [-0.2, 0) is 21.2 Å². The van der Waals surface area contributed by atoms with Gasteiger partial charge in [0.2, 0.25) is 5.91 Å². The van der Waals surface area contributed by atoms with E-state index in [-0.39, 0.29) is 4.21 Å². The molecule has 0 aliphatic carbocycles. The summed E-state index contributed by atoms with van der Waals surface area (Å²) in [6.07, 6.45) is 0.987. The summed E-state index contributed by atoms with van der Waals surface area (Å²) in [5.74, 6) is -0.281. The van der Waals surface area contributed by atoms with Crippen LogP contribution in [0.5, 0.6) is 0 Å². The molecule has 1 heterocycles. The molecule has 1 amide bonds. The molecule has 2 rings (SSSR count). The Morgan fingerprint density at radius 2 is 1.72 bits per heavy atom. The summed E-state index contributed by atoms with van der Waals surface area (Å²) in [6, 6.07) is 11.1. The number of aryl methyl sites for hydroxylation is 1. The number of hydrogen-bond donors (Lipinski definition) is 2. The molecule has 1 aromatic heterocycles. The van der Waals surface area contributed by atoms with Gasteiger partial charge in [-0.3, -0.25) is 10.2 Å². The van der Waals surface area contributed by atoms with Gasteiger partial charge < -0.3 is 0 Å². The molecule has 25 heavy (non-hydrogen) atoms. The van der Waals surface area contributed by atoms with Gasteiger partial charge in [-0.05, 0) is 49.4 Å². The van der Waals surface area contributed by atoms with E-state index in [1.54, 1.807) is 13.0 Å². The third-order valence-corrected chi connectivity index (χ3v) is 6.55. The highest BCUT2D eigenvalue weighted by molar-refractivity contribution is 7.91. The molecule has 0 saturated heterocycles. The maximum atomic E-state index is 12.3. The van der Waals surface area contributed by atoms with Crippen molar-refractivity contribution in [3.63, 3.8) is 0 Å². The van der Waals surface area contributed by atoms with Crippen molar-refractivity contribution in [3.05, 3.63) is 52.4 Å². The molecule has 5 nitrogen and oxygen atoms in total. The molecule has 0 saturated carbocycles. The van der Waals surface area contributed by atoms with Crippen LogP contribution in [0.25, 0.3) is 0 Å². The lowest BCUT2D eigenvalue weighted by Gasteiger charge is -2.14. The smallest absolute Gasteiger partial charge is 0.266 e. The molecule has 1 atom stereocenters. The zero-order valence-electron chi connectivity index (χ0n) is 14.9. The first-order valence-electron chi connectivity index (χ1n) is 8.16. The number of hydrogen-bond acceptors (Lipinski definition) is 4. The monoisotopic (exact) mass is 380 g/mol. The molecule has 0 aliphatic rings. The highest BCUT2D eigenvalue weighted by atomic mass is 32.2. The van der Waals surface area contributed by atoms with Crippen molar-refractivity contribution in [3.8, 4) is 0 Å². The molecular weight excluding hydrogens is 356 g/mol. The SMILES string of the molecule is Cc1ccc(S(=O)(=O)NNC(=O)C(C)c2ccc(CC(C)C)cc2)s1. The average molecular weight is 381 g/mol. The number of carbonyl (C=O) groups excluding carboxylic acids is 1. The van der Waals surface area contributed by atoms with Crippen LogP contribution in [0.3, 0.4) is 0 Å². The molecule has 7 heteroatoms. The molecule has 2 N–H and O–H groups in total. The zero-order chi connectivity index (χ0) is 18.6. The maximum absolute atomic E-state index is 12.3. The Balaban J connectivity index is 1.98.